The van der Waals surface area contributed by atoms with Crippen LogP contribution in [0.5, 0.6) is 0 Å². The van der Waals surface area contributed by atoms with Crippen LogP contribution in [0.25, 0.3) is 16.6 Å². The van der Waals surface area contributed by atoms with E-state index < -0.39 is 0 Å². The van der Waals surface area contributed by atoms with Crippen LogP contribution in [0.1, 0.15) is 63.6 Å². The minimum atomic E-state index is 0.499. The number of nitrogens with zero attached hydrogens (tertiary/aromatic N) is 6. The largest absolute Gasteiger partial charge is 0.353 e. The Morgan fingerprint density at radius 3 is 2.61 bits per heavy atom. The molecule has 2 unspecified atom stereocenters. The van der Waals surface area contributed by atoms with Gasteiger partial charge in [0.15, 0.2) is 0 Å². The van der Waals surface area contributed by atoms with E-state index in [2.05, 4.69) is 86.6 Å². The van der Waals surface area contributed by atoms with Crippen molar-refractivity contribution in [3.05, 3.63) is 82.8 Å². The summed E-state index contributed by atoms with van der Waals surface area (Å²) in [6.45, 7) is 17.7. The van der Waals surface area contributed by atoms with Crippen molar-refractivity contribution in [3.8, 4) is 17.2 Å². The number of piperazine rings is 1. The topological polar surface area (TPSA) is 60.5 Å². The minimum absolute atomic E-state index is 0.499. The van der Waals surface area contributed by atoms with Crippen LogP contribution >= 0.6 is 0 Å². The van der Waals surface area contributed by atoms with Gasteiger partial charge in [0.2, 0.25) is 0 Å². The van der Waals surface area contributed by atoms with Crippen LogP contribution in [0.2, 0.25) is 0 Å². The Balaban J connectivity index is 1.36. The smallest absolute Gasteiger partial charge is 0.128 e. The van der Waals surface area contributed by atoms with Crippen LogP contribution in [0, 0.1) is 24.2 Å². The summed E-state index contributed by atoms with van der Waals surface area (Å²) in [4.78, 5) is 9.97. The van der Waals surface area contributed by atoms with Crippen LogP contribution in [-0.2, 0) is 6.42 Å². The second-order valence-corrected chi connectivity index (χ2v) is 12.1. The third kappa shape index (κ3) is 5.90. The quantitative estimate of drug-likeness (QED) is 0.219. The Hall–Kier alpha value is -3.63. The molecule has 3 aromatic heterocycles. The molecule has 0 aliphatic carbocycles. The van der Waals surface area contributed by atoms with Crippen LogP contribution in [0.3, 0.4) is 0 Å². The number of fused-ring (bicyclic) bond motifs is 3. The van der Waals surface area contributed by atoms with E-state index in [-0.39, 0.29) is 0 Å². The van der Waals surface area contributed by atoms with Gasteiger partial charge in [0.05, 0.1) is 17.3 Å². The predicted molar refractivity (Wildman–Crippen MR) is 169 cm³/mol. The zero-order chi connectivity index (χ0) is 29.3. The van der Waals surface area contributed by atoms with Crippen molar-refractivity contribution in [1.29, 1.82) is 5.26 Å². The van der Waals surface area contributed by atoms with Crippen LogP contribution in [0.4, 0.5) is 5.82 Å². The molecule has 2 atom stereocenters. The predicted octanol–water partition coefficient (Wildman–Crippen LogP) is 6.39. The van der Waals surface area contributed by atoms with Crippen molar-refractivity contribution in [2.75, 3.05) is 24.5 Å². The molecule has 0 saturated carbocycles. The summed E-state index contributed by atoms with van der Waals surface area (Å²) in [5, 5.41) is 14.3. The summed E-state index contributed by atoms with van der Waals surface area (Å²) < 4.78 is 1.86. The highest BCUT2D eigenvalue weighted by molar-refractivity contribution is 6.24. The maximum Gasteiger partial charge on any atom is 0.128 e. The van der Waals surface area contributed by atoms with E-state index in [0.29, 0.717) is 23.6 Å². The van der Waals surface area contributed by atoms with E-state index in [4.69, 9.17) is 12.8 Å². The zero-order valence-corrected chi connectivity index (χ0v) is 25.2. The van der Waals surface area contributed by atoms with Gasteiger partial charge >= 0.3 is 0 Å². The summed E-state index contributed by atoms with van der Waals surface area (Å²) in [5.74, 6) is 1.64. The number of allylic oxidation sites excluding steroid dienone is 3. The molecule has 0 aromatic carbocycles. The fourth-order valence-corrected chi connectivity index (χ4v) is 6.09. The molecule has 0 spiro atoms. The van der Waals surface area contributed by atoms with Crippen LogP contribution in [0.15, 0.2) is 66.1 Å². The fourth-order valence-electron chi connectivity index (χ4n) is 6.09. The maximum atomic E-state index is 9.78. The molecule has 0 amide bonds. The minimum Gasteiger partial charge on any atom is -0.353 e. The molecular weight excluding hydrogens is 503 g/mol. The number of anilines is 1. The van der Waals surface area contributed by atoms with Crippen LogP contribution < -0.4 is 4.90 Å². The van der Waals surface area contributed by atoms with E-state index in [1.54, 1.807) is 6.20 Å². The van der Waals surface area contributed by atoms with E-state index in [9.17, 15) is 5.26 Å². The van der Waals surface area contributed by atoms with Gasteiger partial charge in [-0.3, -0.25) is 4.90 Å². The maximum absolute atomic E-state index is 9.78. The standard InChI is InChI=1S/C34H41BN6/c1-7-23(5)32(35)13-25(8-2)18-40-28-14-29(40)21-39(20-28)33-11-24(6)31(17-37-33)30-12-26(10-9-22(3)4)19-41-34(30)27(15-36)16-38-41/h8,11-13,16-17,19,22,28-29H,2,7,9-10,14,18,20-21H2,1,3-6H3/b25-13+,32-23-. The highest BCUT2D eigenvalue weighted by Gasteiger charge is 2.44. The Labute approximate surface area is 246 Å². The van der Waals surface area contributed by atoms with Gasteiger partial charge in [-0.15, -0.1) is 0 Å². The summed E-state index contributed by atoms with van der Waals surface area (Å²) >= 11 is 0. The first kappa shape index (κ1) is 28.9. The molecule has 6 rings (SSSR count). The van der Waals surface area contributed by atoms with Crippen LogP contribution in [-0.4, -0.2) is 59.1 Å². The molecule has 6 nitrogen and oxygen atoms in total. The first-order chi connectivity index (χ1) is 19.7. The van der Waals surface area contributed by atoms with Gasteiger partial charge in [-0.2, -0.15) is 10.4 Å². The Kier molecular flexibility index (Phi) is 8.51. The van der Waals surface area contributed by atoms with Gasteiger partial charge < -0.3 is 4.90 Å². The number of pyridine rings is 2. The van der Waals surface area contributed by atoms with Gasteiger partial charge in [-0.25, -0.2) is 9.50 Å². The summed E-state index contributed by atoms with van der Waals surface area (Å²) in [7, 11) is 6.30. The summed E-state index contributed by atoms with van der Waals surface area (Å²) in [6.07, 6.45) is 14.0. The zero-order valence-electron chi connectivity index (χ0n) is 25.2. The molecule has 41 heavy (non-hydrogen) atoms. The van der Waals surface area contributed by atoms with Crippen molar-refractivity contribution < 1.29 is 0 Å². The lowest BCUT2D eigenvalue weighted by molar-refractivity contribution is 0.00883. The van der Waals surface area contributed by atoms with Crippen molar-refractivity contribution in [1.82, 2.24) is 19.5 Å². The van der Waals surface area contributed by atoms with Gasteiger partial charge in [0, 0.05) is 55.2 Å². The van der Waals surface area contributed by atoms with Gasteiger partial charge in [0.25, 0.3) is 0 Å². The summed E-state index contributed by atoms with van der Waals surface area (Å²) in [6, 6.07) is 7.76. The molecule has 2 radical (unpaired) electrons. The fraction of sp³-hybridized carbons (Fsp3) is 0.441. The second kappa shape index (κ2) is 12.1. The number of aryl methyl sites for hydroxylation is 2. The highest BCUT2D eigenvalue weighted by atomic mass is 15.4. The van der Waals surface area contributed by atoms with Crippen molar-refractivity contribution in [2.24, 2.45) is 5.92 Å². The molecule has 3 aliphatic heterocycles. The monoisotopic (exact) mass is 544 g/mol. The van der Waals surface area contributed by atoms with Gasteiger partial charge in [-0.1, -0.05) is 50.5 Å². The first-order valence-electron chi connectivity index (χ1n) is 14.9. The van der Waals surface area contributed by atoms with Gasteiger partial charge in [0.1, 0.15) is 19.7 Å². The van der Waals surface area contributed by atoms with Crippen molar-refractivity contribution in [3.63, 3.8) is 0 Å². The van der Waals surface area contributed by atoms with Crippen molar-refractivity contribution in [2.45, 2.75) is 72.4 Å². The highest BCUT2D eigenvalue weighted by Crippen LogP contribution is 2.37. The summed E-state index contributed by atoms with van der Waals surface area (Å²) in [5.41, 5.74) is 9.15. The molecule has 2 bridgehead atoms. The molecule has 0 N–H and O–H groups in total. The normalized spacial score (nSPS) is 19.7. The Morgan fingerprint density at radius 1 is 1.22 bits per heavy atom. The number of rotatable bonds is 10. The molecule has 3 fully saturated rings. The lowest BCUT2D eigenvalue weighted by atomic mass is 9.85. The average molecular weight is 545 g/mol. The Bertz CT molecular complexity index is 1540. The lowest BCUT2D eigenvalue weighted by Gasteiger charge is -2.57. The Morgan fingerprint density at radius 2 is 1.98 bits per heavy atom. The molecule has 3 saturated heterocycles. The molecular formula is C34H41BN6. The van der Waals surface area contributed by atoms with Crippen molar-refractivity contribution >= 4 is 19.2 Å². The van der Waals surface area contributed by atoms with E-state index in [1.165, 1.54) is 23.1 Å². The number of nitriles is 1. The van der Waals surface area contributed by atoms with E-state index in [1.807, 2.05) is 16.8 Å². The third-order valence-corrected chi connectivity index (χ3v) is 8.85. The molecule has 6 heterocycles. The second-order valence-electron chi connectivity index (χ2n) is 12.1. The van der Waals surface area contributed by atoms with E-state index >= 15 is 0 Å². The number of aromatic nitrogens is 3. The lowest BCUT2D eigenvalue weighted by Crippen LogP contribution is -2.69. The number of hydrogen-bond acceptors (Lipinski definition) is 5. The SMILES string of the molecule is [B]C(/C=C(\C=C)CN1C2CC1CN(c1cc(C)c(-c3cc(CCC(C)C)cn4ncc(C#N)c34)cn1)C2)=C(/C)CC. The average Bonchev–Trinajstić information content (AvgIpc) is 3.40. The molecule has 210 valence electrons. The molecule has 3 aromatic rings. The molecule has 3 aliphatic rings. The van der Waals surface area contributed by atoms with Gasteiger partial charge in [-0.05, 0) is 74.3 Å². The first-order valence-corrected chi connectivity index (χ1v) is 14.9. The number of hydrogen-bond donors (Lipinski definition) is 0. The molecule has 7 heteroatoms. The number of piperidine rings is 1. The van der Waals surface area contributed by atoms with E-state index in [0.717, 1.165) is 72.4 Å². The third-order valence-electron chi connectivity index (χ3n) is 8.85.